The molecule has 1 atom stereocenters. The Morgan fingerprint density at radius 3 is 2.34 bits per heavy atom. The molecular formula is C35H40ClN3O5. The highest BCUT2D eigenvalue weighted by Crippen LogP contribution is 2.58. The van der Waals surface area contributed by atoms with Crippen molar-refractivity contribution in [2.24, 2.45) is 23.7 Å². The van der Waals surface area contributed by atoms with Crippen LogP contribution in [0.15, 0.2) is 54.6 Å². The molecule has 0 saturated heterocycles. The molecule has 1 amide bonds. The highest BCUT2D eigenvalue weighted by atomic mass is 35.5. The number of benzene rings is 2. The number of pyridine rings is 1. The Balaban J connectivity index is 1.36. The average Bonchev–Trinajstić information content (AvgIpc) is 2.98. The Bertz CT molecular complexity index is 1550. The predicted octanol–water partition coefficient (Wildman–Crippen LogP) is 5.69. The van der Waals surface area contributed by atoms with Crippen molar-refractivity contribution in [3.8, 4) is 28.1 Å². The van der Waals surface area contributed by atoms with Crippen LogP contribution in [-0.4, -0.2) is 70.9 Å². The van der Waals surface area contributed by atoms with Crippen molar-refractivity contribution in [3.63, 3.8) is 0 Å². The summed E-state index contributed by atoms with van der Waals surface area (Å²) < 4.78 is 5.92. The number of aliphatic carboxylic acids is 1. The maximum atomic E-state index is 13.9. The number of nitrogens with zero attached hydrogens (tertiary/aromatic N) is 2. The zero-order chi connectivity index (χ0) is 31.2. The minimum absolute atomic E-state index is 0.0587. The summed E-state index contributed by atoms with van der Waals surface area (Å²) >= 11 is 6.49. The number of hydrogen-bond donors (Lipinski definition) is 3. The van der Waals surface area contributed by atoms with E-state index in [1.807, 2.05) is 62.3 Å². The van der Waals surface area contributed by atoms with Crippen LogP contribution in [0.5, 0.6) is 5.75 Å². The lowest BCUT2D eigenvalue weighted by molar-refractivity contribution is -0.163. The van der Waals surface area contributed by atoms with Gasteiger partial charge in [-0.3, -0.25) is 4.79 Å². The molecule has 4 aliphatic rings. The second kappa shape index (κ2) is 12.1. The molecule has 3 aromatic rings. The molecule has 2 aromatic carbocycles. The van der Waals surface area contributed by atoms with Gasteiger partial charge in [-0.15, -0.1) is 0 Å². The molecule has 0 spiro atoms. The van der Waals surface area contributed by atoms with Gasteiger partial charge in [-0.05, 0) is 112 Å². The fraction of sp³-hybridized carbons (Fsp3) is 0.457. The van der Waals surface area contributed by atoms with Crippen LogP contribution in [0.3, 0.4) is 0 Å². The van der Waals surface area contributed by atoms with Gasteiger partial charge >= 0.3 is 5.97 Å². The fourth-order valence-corrected chi connectivity index (χ4v) is 8.28. The summed E-state index contributed by atoms with van der Waals surface area (Å²) in [6, 6.07) is 16.8. The van der Waals surface area contributed by atoms with E-state index in [0.717, 1.165) is 42.4 Å². The lowest BCUT2D eigenvalue weighted by atomic mass is 9.48. The molecule has 0 radical (unpaired) electrons. The molecule has 4 saturated carbocycles. The van der Waals surface area contributed by atoms with Crippen molar-refractivity contribution < 1.29 is 24.5 Å². The molecule has 1 heterocycles. The number of likely N-dealkylation sites (N-methyl/N-ethyl adjacent to an activating group) is 1. The largest absolute Gasteiger partial charge is 0.489 e. The van der Waals surface area contributed by atoms with Crippen LogP contribution in [0.1, 0.15) is 48.2 Å². The third-order valence-electron chi connectivity index (χ3n) is 9.88. The Labute approximate surface area is 263 Å². The average molecular weight is 618 g/mol. The molecule has 3 N–H and O–H groups in total. The fourth-order valence-electron chi connectivity index (χ4n) is 8.11. The van der Waals surface area contributed by atoms with Crippen LogP contribution in [0, 0.1) is 30.6 Å². The molecule has 44 heavy (non-hydrogen) atoms. The van der Waals surface area contributed by atoms with Crippen molar-refractivity contribution in [3.05, 3.63) is 70.9 Å². The van der Waals surface area contributed by atoms with Gasteiger partial charge in [0.15, 0.2) is 0 Å². The van der Waals surface area contributed by atoms with Crippen molar-refractivity contribution in [2.45, 2.75) is 50.7 Å². The Morgan fingerprint density at radius 2 is 1.70 bits per heavy atom. The first-order valence-electron chi connectivity index (χ1n) is 15.4. The topological polar surface area (TPSA) is 112 Å². The van der Waals surface area contributed by atoms with Crippen LogP contribution in [-0.2, 0) is 4.79 Å². The number of nitrogens with one attached hydrogen (secondary N) is 1. The Kier molecular flexibility index (Phi) is 8.44. The third kappa shape index (κ3) is 5.71. The minimum atomic E-state index is -1.27. The zero-order valence-electron chi connectivity index (χ0n) is 25.4. The van der Waals surface area contributed by atoms with Gasteiger partial charge in [0, 0.05) is 17.7 Å². The molecule has 0 aliphatic heterocycles. The smallest absolute Gasteiger partial charge is 0.330 e. The van der Waals surface area contributed by atoms with Gasteiger partial charge in [0.05, 0.1) is 10.7 Å². The van der Waals surface area contributed by atoms with Crippen LogP contribution in [0.2, 0.25) is 5.02 Å². The van der Waals surface area contributed by atoms with Gasteiger partial charge in [-0.25, -0.2) is 9.78 Å². The highest BCUT2D eigenvalue weighted by Gasteiger charge is 2.62. The first-order chi connectivity index (χ1) is 21.0. The Morgan fingerprint density at radius 1 is 1.02 bits per heavy atom. The summed E-state index contributed by atoms with van der Waals surface area (Å²) in [4.78, 5) is 33.6. The molecule has 4 fully saturated rings. The number of halogens is 1. The zero-order valence-corrected chi connectivity index (χ0v) is 26.2. The van der Waals surface area contributed by atoms with Crippen LogP contribution in [0.25, 0.3) is 22.4 Å². The predicted molar refractivity (Wildman–Crippen MR) is 170 cm³/mol. The van der Waals surface area contributed by atoms with E-state index in [2.05, 4.69) is 5.32 Å². The first kappa shape index (κ1) is 30.6. The lowest BCUT2D eigenvalue weighted by Gasteiger charge is -2.59. The number of aliphatic hydroxyl groups excluding tert-OH is 1. The molecule has 7 rings (SSSR count). The summed E-state index contributed by atoms with van der Waals surface area (Å²) in [7, 11) is 3.75. The highest BCUT2D eigenvalue weighted by molar-refractivity contribution is 6.32. The summed E-state index contributed by atoms with van der Waals surface area (Å²) in [5.74, 6) is -0.0278. The molecule has 8 nitrogen and oxygen atoms in total. The minimum Gasteiger partial charge on any atom is -0.489 e. The first-order valence-corrected chi connectivity index (χ1v) is 15.8. The maximum absolute atomic E-state index is 13.9. The maximum Gasteiger partial charge on any atom is 0.330 e. The van der Waals surface area contributed by atoms with Crippen molar-refractivity contribution >= 4 is 23.5 Å². The van der Waals surface area contributed by atoms with E-state index < -0.39 is 23.5 Å². The van der Waals surface area contributed by atoms with Crippen LogP contribution >= 0.6 is 11.6 Å². The number of carbonyl (C=O) groups is 2. The quantitative estimate of drug-likeness (QED) is 0.268. The van der Waals surface area contributed by atoms with Gasteiger partial charge < -0.3 is 25.2 Å². The van der Waals surface area contributed by atoms with Gasteiger partial charge in [0.2, 0.25) is 0 Å². The summed E-state index contributed by atoms with van der Waals surface area (Å²) in [6.07, 6.45) is 3.87. The second-order valence-corrected chi connectivity index (χ2v) is 13.6. The SMILES string of the molecule is Cc1ccccc1-c1ccc(C(=O)NC2(C(=O)O)C3CC4CC(C3)CC2C4)nc1-c1ccc(Cl)c(OCC(O)CN(C)C)c1. The molecule has 1 aromatic heterocycles. The van der Waals surface area contributed by atoms with Crippen molar-refractivity contribution in [1.82, 2.24) is 15.2 Å². The summed E-state index contributed by atoms with van der Waals surface area (Å²) in [5, 5.41) is 24.3. The van der Waals surface area contributed by atoms with E-state index in [4.69, 9.17) is 21.3 Å². The molecular weight excluding hydrogens is 578 g/mol. The van der Waals surface area contributed by atoms with E-state index >= 15 is 0 Å². The molecule has 4 aliphatic carbocycles. The van der Waals surface area contributed by atoms with E-state index in [9.17, 15) is 19.8 Å². The van der Waals surface area contributed by atoms with E-state index in [-0.39, 0.29) is 24.1 Å². The normalized spacial score (nSPS) is 26.0. The number of rotatable bonds is 10. The van der Waals surface area contributed by atoms with Gasteiger partial charge in [0.1, 0.15) is 29.7 Å². The number of carboxylic acids is 1. The van der Waals surface area contributed by atoms with Gasteiger partial charge in [-0.1, -0.05) is 41.9 Å². The summed E-state index contributed by atoms with van der Waals surface area (Å²) in [5.41, 5.74) is 2.95. The number of hydrogen-bond acceptors (Lipinski definition) is 6. The Hall–Kier alpha value is -3.46. The number of aliphatic hydroxyl groups is 1. The number of aromatic nitrogens is 1. The monoisotopic (exact) mass is 617 g/mol. The lowest BCUT2D eigenvalue weighted by Crippen LogP contribution is -2.70. The molecule has 232 valence electrons. The van der Waals surface area contributed by atoms with Crippen LogP contribution in [0.4, 0.5) is 0 Å². The number of amides is 1. The molecule has 4 bridgehead atoms. The number of aryl methyl sites for hydroxylation is 1. The third-order valence-corrected chi connectivity index (χ3v) is 10.2. The number of carboxylic acid groups (broad SMARTS) is 1. The number of carbonyl (C=O) groups excluding carboxylic acids is 1. The van der Waals surface area contributed by atoms with Crippen molar-refractivity contribution in [2.75, 3.05) is 27.2 Å². The van der Waals surface area contributed by atoms with E-state index in [1.54, 1.807) is 18.2 Å². The molecule has 9 heteroatoms. The van der Waals surface area contributed by atoms with Crippen LogP contribution < -0.4 is 10.1 Å². The molecule has 1 unspecified atom stereocenters. The van der Waals surface area contributed by atoms with Gasteiger partial charge in [-0.2, -0.15) is 0 Å². The van der Waals surface area contributed by atoms with E-state index in [0.29, 0.717) is 40.4 Å². The standard InChI is InChI=1S/C35H40ClN3O5/c1-20-6-4-5-7-27(20)28-9-11-30(33(41)38-35(34(42)43)24-13-21-12-22(15-24)16-25(35)14-21)37-32(28)23-8-10-29(36)31(17-23)44-19-26(40)18-39(2)3/h4-11,17,21-22,24-26,40H,12-16,18-19H2,1-3H3,(H,38,41)(H,42,43). The van der Waals surface area contributed by atoms with E-state index in [1.165, 1.54) is 6.42 Å². The number of ether oxygens (including phenoxy) is 1. The second-order valence-electron chi connectivity index (χ2n) is 13.2. The summed E-state index contributed by atoms with van der Waals surface area (Å²) in [6.45, 7) is 2.52. The van der Waals surface area contributed by atoms with Gasteiger partial charge in [0.25, 0.3) is 5.91 Å². The van der Waals surface area contributed by atoms with Crippen molar-refractivity contribution in [1.29, 1.82) is 0 Å².